The second kappa shape index (κ2) is 12.0. The van der Waals surface area contributed by atoms with Gasteiger partial charge in [-0.15, -0.1) is 0 Å². The zero-order valence-corrected chi connectivity index (χ0v) is 18.8. The van der Waals surface area contributed by atoms with Crippen molar-refractivity contribution in [2.45, 2.75) is 25.8 Å². The number of likely N-dealkylation sites (N-methyl/N-ethyl adjacent to an activating group) is 1. The molecule has 0 aliphatic carbocycles. The first kappa shape index (κ1) is 23.7. The van der Waals surface area contributed by atoms with Gasteiger partial charge in [0.2, 0.25) is 5.12 Å². The first-order chi connectivity index (χ1) is 8.82. The molecular formula is C13H25I2NO2S2. The van der Waals surface area contributed by atoms with Gasteiger partial charge in [-0.25, -0.2) is 0 Å². The first-order valence-corrected chi connectivity index (χ1v) is 10.5. The van der Waals surface area contributed by atoms with E-state index in [2.05, 4.69) is 43.7 Å². The highest BCUT2D eigenvalue weighted by atomic mass is 127. The third kappa shape index (κ3) is 8.79. The Morgan fingerprint density at radius 1 is 1.00 bits per heavy atom. The van der Waals surface area contributed by atoms with E-state index in [4.69, 9.17) is 0 Å². The largest absolute Gasteiger partial charge is 1.00 e. The Kier molecular flexibility index (Phi) is 14.2. The summed E-state index contributed by atoms with van der Waals surface area (Å²) in [5.74, 6) is 2.39. The molecule has 7 heteroatoms. The molecule has 2 aliphatic heterocycles. The van der Waals surface area contributed by atoms with Crippen molar-refractivity contribution in [1.82, 2.24) is 0 Å². The van der Waals surface area contributed by atoms with Crippen LogP contribution >= 0.6 is 46.1 Å². The number of alkyl halides is 1. The fourth-order valence-electron chi connectivity index (χ4n) is 1.79. The number of rotatable bonds is 1. The van der Waals surface area contributed by atoms with Gasteiger partial charge in [-0.3, -0.25) is 9.59 Å². The lowest BCUT2D eigenvalue weighted by Gasteiger charge is -2.29. The zero-order chi connectivity index (χ0) is 15.1. The fourth-order valence-corrected chi connectivity index (χ4v) is 4.03. The van der Waals surface area contributed by atoms with E-state index in [1.54, 1.807) is 0 Å². The third-order valence-corrected chi connectivity index (χ3v) is 5.16. The molecule has 0 N–H and O–H groups in total. The van der Waals surface area contributed by atoms with Crippen molar-refractivity contribution in [2.24, 2.45) is 5.92 Å². The molecule has 120 valence electrons. The van der Waals surface area contributed by atoms with Crippen LogP contribution < -0.4 is 24.0 Å². The summed E-state index contributed by atoms with van der Waals surface area (Å²) >= 11 is 5.09. The lowest BCUT2D eigenvalue weighted by molar-refractivity contribution is -0.885. The molecule has 0 aromatic rings. The highest BCUT2D eigenvalue weighted by Crippen LogP contribution is 2.25. The third-order valence-electron chi connectivity index (χ3n) is 3.04. The number of thioether (sulfide) groups is 2. The molecule has 0 spiro atoms. The Morgan fingerprint density at radius 3 is 1.60 bits per heavy atom. The maximum Gasteiger partial charge on any atom is 0.246 e. The molecular weight excluding hydrogens is 520 g/mol. The highest BCUT2D eigenvalue weighted by Gasteiger charge is 2.35. The summed E-state index contributed by atoms with van der Waals surface area (Å²) < 4.78 is 0.784. The van der Waals surface area contributed by atoms with Crippen molar-refractivity contribution >= 4 is 56.3 Å². The minimum absolute atomic E-state index is 0. The molecule has 2 fully saturated rings. The maximum absolute atomic E-state index is 11.2. The number of quaternary nitrogens is 1. The van der Waals surface area contributed by atoms with Crippen LogP contribution in [0.3, 0.4) is 0 Å². The summed E-state index contributed by atoms with van der Waals surface area (Å²) in [7, 11) is 6.23. The Labute approximate surface area is 162 Å². The van der Waals surface area contributed by atoms with Crippen LogP contribution in [0.15, 0.2) is 0 Å². The number of carbonyl (C=O) groups is 2. The fraction of sp³-hybridized carbons (Fsp3) is 0.846. The summed E-state index contributed by atoms with van der Waals surface area (Å²) in [4.78, 5) is 23.7. The van der Waals surface area contributed by atoms with Crippen molar-refractivity contribution < 1.29 is 38.0 Å². The summed E-state index contributed by atoms with van der Waals surface area (Å²) in [6.07, 6.45) is 2.14. The molecule has 2 saturated heterocycles. The molecule has 2 aliphatic rings. The van der Waals surface area contributed by atoms with Crippen LogP contribution in [0.2, 0.25) is 0 Å². The van der Waals surface area contributed by atoms with Gasteiger partial charge in [0, 0.05) is 23.8 Å². The Bertz CT molecular complexity index is 309. The van der Waals surface area contributed by atoms with Crippen molar-refractivity contribution in [2.75, 3.05) is 37.6 Å². The van der Waals surface area contributed by atoms with E-state index in [1.165, 1.54) is 23.5 Å². The number of hydrogen-bond acceptors (Lipinski definition) is 4. The average molecular weight is 545 g/mol. The van der Waals surface area contributed by atoms with Gasteiger partial charge in [0.25, 0.3) is 0 Å². The van der Waals surface area contributed by atoms with Crippen LogP contribution in [0.4, 0.5) is 0 Å². The predicted molar refractivity (Wildman–Crippen MR) is 95.1 cm³/mol. The highest BCUT2D eigenvalue weighted by molar-refractivity contribution is 14.1. The van der Waals surface area contributed by atoms with Crippen LogP contribution in [0.25, 0.3) is 0 Å². The topological polar surface area (TPSA) is 34.1 Å². The lowest BCUT2D eigenvalue weighted by Crippen LogP contribution is -3.00. The zero-order valence-electron chi connectivity index (χ0n) is 12.8. The summed E-state index contributed by atoms with van der Waals surface area (Å²) in [6.45, 7) is 1.99. The molecule has 0 bridgehead atoms. The SMILES string of the molecule is CC1CCSC1=O.CI.C[N+](C)(C)C1CCSC1=O.[I-]. The van der Waals surface area contributed by atoms with E-state index >= 15 is 0 Å². The summed E-state index contributed by atoms with van der Waals surface area (Å²) in [6, 6.07) is 0.241. The Balaban J connectivity index is 0. The second-order valence-electron chi connectivity index (χ2n) is 5.45. The van der Waals surface area contributed by atoms with Gasteiger partial charge in [0.1, 0.15) is 0 Å². The molecule has 0 amide bonds. The Hall–Kier alpha value is 1.46. The van der Waals surface area contributed by atoms with Crippen LogP contribution in [0, 0.1) is 5.92 Å². The molecule has 2 atom stereocenters. The monoisotopic (exact) mass is 545 g/mol. The summed E-state index contributed by atoms with van der Waals surface area (Å²) in [5, 5.41) is 0.743. The van der Waals surface area contributed by atoms with Crippen LogP contribution in [-0.4, -0.2) is 58.3 Å². The van der Waals surface area contributed by atoms with Gasteiger partial charge in [-0.1, -0.05) is 53.0 Å². The van der Waals surface area contributed by atoms with E-state index in [9.17, 15) is 9.59 Å². The molecule has 0 aromatic carbocycles. The molecule has 2 unspecified atom stereocenters. The molecule has 0 saturated carbocycles. The molecule has 0 aromatic heterocycles. The maximum atomic E-state index is 11.2. The predicted octanol–water partition coefficient (Wildman–Crippen LogP) is 0.0659. The van der Waals surface area contributed by atoms with Crippen molar-refractivity contribution in [3.05, 3.63) is 0 Å². The molecule has 3 nitrogen and oxygen atoms in total. The van der Waals surface area contributed by atoms with Gasteiger partial charge in [-0.2, -0.15) is 0 Å². The molecule has 2 heterocycles. The lowest BCUT2D eigenvalue weighted by atomic mass is 10.2. The molecule has 20 heavy (non-hydrogen) atoms. The number of carbonyl (C=O) groups excluding carboxylic acids is 2. The van der Waals surface area contributed by atoms with E-state index in [0.29, 0.717) is 16.1 Å². The van der Waals surface area contributed by atoms with Crippen LogP contribution in [0.5, 0.6) is 0 Å². The average Bonchev–Trinajstić information content (AvgIpc) is 2.92. The van der Waals surface area contributed by atoms with E-state index in [0.717, 1.165) is 28.8 Å². The number of hydrogen-bond donors (Lipinski definition) is 0. The van der Waals surface area contributed by atoms with E-state index in [-0.39, 0.29) is 30.0 Å². The second-order valence-corrected chi connectivity index (χ2v) is 7.64. The van der Waals surface area contributed by atoms with Crippen molar-refractivity contribution in [1.29, 1.82) is 0 Å². The van der Waals surface area contributed by atoms with Gasteiger partial charge in [0.05, 0.1) is 21.1 Å². The van der Waals surface area contributed by atoms with Gasteiger partial charge < -0.3 is 28.5 Å². The van der Waals surface area contributed by atoms with Crippen molar-refractivity contribution in [3.8, 4) is 0 Å². The number of halogens is 2. The minimum atomic E-state index is 0. The van der Waals surface area contributed by atoms with Gasteiger partial charge in [-0.05, 0) is 11.4 Å². The molecule has 2 rings (SSSR count). The number of nitrogens with zero attached hydrogens (tertiary/aromatic N) is 1. The normalized spacial score (nSPS) is 25.1. The standard InChI is InChI=1S/C7H14NOS.C5H8OS.CH3I.HI/c1-8(2,3)6-4-5-10-7(6)9;1-4-2-3-7-5(4)6;1-2;/h6H,4-5H2,1-3H3;4H,2-3H2,1H3;1H3;1H/q+1;;;/p-1. The van der Waals surface area contributed by atoms with Crippen LogP contribution in [0.1, 0.15) is 19.8 Å². The van der Waals surface area contributed by atoms with E-state index in [1.807, 2.05) is 11.9 Å². The molecule has 0 radical (unpaired) electrons. The van der Waals surface area contributed by atoms with Gasteiger partial charge >= 0.3 is 0 Å². The smallest absolute Gasteiger partial charge is 0.246 e. The minimum Gasteiger partial charge on any atom is -1.00 e. The Morgan fingerprint density at radius 2 is 1.45 bits per heavy atom. The summed E-state index contributed by atoms with van der Waals surface area (Å²) in [5.41, 5.74) is 0. The van der Waals surface area contributed by atoms with E-state index < -0.39 is 0 Å². The van der Waals surface area contributed by atoms with Crippen LogP contribution in [-0.2, 0) is 9.59 Å². The first-order valence-electron chi connectivity index (χ1n) is 6.34. The van der Waals surface area contributed by atoms with Crippen molar-refractivity contribution in [3.63, 3.8) is 0 Å². The van der Waals surface area contributed by atoms with Gasteiger partial charge in [0.15, 0.2) is 11.2 Å². The quantitative estimate of drug-likeness (QED) is 0.266.